The van der Waals surface area contributed by atoms with E-state index in [4.69, 9.17) is 0 Å². The van der Waals surface area contributed by atoms with Gasteiger partial charge in [-0.25, -0.2) is 4.98 Å². The van der Waals surface area contributed by atoms with Gasteiger partial charge in [-0.05, 0) is 37.3 Å². The number of nitrogens with one attached hydrogen (secondary N) is 2. The Bertz CT molecular complexity index is 1090. The van der Waals surface area contributed by atoms with Crippen LogP contribution in [0.4, 0.5) is 0 Å². The Kier molecular flexibility index (Phi) is 7.71. The number of amides is 3. The summed E-state index contributed by atoms with van der Waals surface area (Å²) in [6, 6.07) is 6.02. The van der Waals surface area contributed by atoms with Crippen LogP contribution in [0.25, 0.3) is 10.4 Å². The van der Waals surface area contributed by atoms with Crippen molar-refractivity contribution in [2.45, 2.75) is 78.6 Å². The molecule has 0 radical (unpaired) electrons. The number of hydrogen-bond acceptors (Lipinski definition) is 6. The number of β-amino-alcohol motifs (C(OH)–C–C–N with tert-alkyl or cyclic N) is 1. The van der Waals surface area contributed by atoms with E-state index in [1.165, 1.54) is 11.8 Å². The second kappa shape index (κ2) is 10.1. The van der Waals surface area contributed by atoms with Gasteiger partial charge in [-0.2, -0.15) is 0 Å². The monoisotopic (exact) mass is 500 g/mol. The molecule has 3 N–H and O–H groups in total. The highest BCUT2D eigenvalue weighted by Gasteiger charge is 2.48. The van der Waals surface area contributed by atoms with E-state index in [2.05, 4.69) is 15.6 Å². The van der Waals surface area contributed by atoms with E-state index in [0.29, 0.717) is 0 Å². The van der Waals surface area contributed by atoms with Gasteiger partial charge in [0.25, 0.3) is 0 Å². The van der Waals surface area contributed by atoms with Crippen LogP contribution in [0.3, 0.4) is 0 Å². The first-order chi connectivity index (χ1) is 16.2. The molecule has 0 saturated carbocycles. The Morgan fingerprint density at radius 3 is 2.34 bits per heavy atom. The van der Waals surface area contributed by atoms with E-state index in [0.717, 1.165) is 21.7 Å². The summed E-state index contributed by atoms with van der Waals surface area (Å²) >= 11 is 1.59. The zero-order valence-electron chi connectivity index (χ0n) is 21.5. The molecule has 0 aliphatic carbocycles. The van der Waals surface area contributed by atoms with Crippen LogP contribution >= 0.6 is 11.3 Å². The van der Waals surface area contributed by atoms with Crippen molar-refractivity contribution < 1.29 is 19.5 Å². The standard InChI is InChI=1S/C26H36N4O4S/c1-15(18-8-10-19(11-9-18)21-16(2)27-14-35-21)28-23(32)20-12-26(7,34)13-30(20)24(33)22(25(4,5)6)29-17(3)31/h8-11,14-15,20,22,34H,12-13H2,1-7H3,(H,28,32)(H,29,31)/t15-,20-,22+,26+/m0/s1. The summed E-state index contributed by atoms with van der Waals surface area (Å²) in [5, 5.41) is 16.5. The molecule has 35 heavy (non-hydrogen) atoms. The molecule has 1 aromatic carbocycles. The van der Waals surface area contributed by atoms with Crippen molar-refractivity contribution >= 4 is 29.1 Å². The highest BCUT2D eigenvalue weighted by Crippen LogP contribution is 2.32. The van der Waals surface area contributed by atoms with Crippen molar-refractivity contribution in [2.75, 3.05) is 6.54 Å². The van der Waals surface area contributed by atoms with Crippen molar-refractivity contribution in [2.24, 2.45) is 5.41 Å². The Balaban J connectivity index is 1.76. The van der Waals surface area contributed by atoms with Gasteiger partial charge in [0.1, 0.15) is 12.1 Å². The molecule has 2 heterocycles. The number of carbonyl (C=O) groups excluding carboxylic acids is 3. The van der Waals surface area contributed by atoms with Gasteiger partial charge in [0.2, 0.25) is 17.7 Å². The molecule has 3 amide bonds. The highest BCUT2D eigenvalue weighted by molar-refractivity contribution is 7.13. The third kappa shape index (κ3) is 6.27. The topological polar surface area (TPSA) is 112 Å². The number of benzene rings is 1. The van der Waals surface area contributed by atoms with Gasteiger partial charge < -0.3 is 20.6 Å². The van der Waals surface area contributed by atoms with Gasteiger partial charge in [-0.15, -0.1) is 11.3 Å². The van der Waals surface area contributed by atoms with Gasteiger partial charge in [0, 0.05) is 13.3 Å². The first-order valence-electron chi connectivity index (χ1n) is 11.8. The van der Waals surface area contributed by atoms with Crippen molar-refractivity contribution in [3.8, 4) is 10.4 Å². The smallest absolute Gasteiger partial charge is 0.246 e. The fourth-order valence-corrected chi connectivity index (χ4v) is 5.26. The second-order valence-corrected chi connectivity index (χ2v) is 11.7. The van der Waals surface area contributed by atoms with Crippen LogP contribution < -0.4 is 10.6 Å². The second-order valence-electron chi connectivity index (χ2n) is 10.8. The summed E-state index contributed by atoms with van der Waals surface area (Å²) in [7, 11) is 0. The predicted molar refractivity (Wildman–Crippen MR) is 137 cm³/mol. The third-order valence-corrected chi connectivity index (χ3v) is 7.32. The molecule has 8 nitrogen and oxygen atoms in total. The van der Waals surface area contributed by atoms with Crippen molar-refractivity contribution in [3.63, 3.8) is 0 Å². The number of aliphatic hydroxyl groups is 1. The number of carbonyl (C=O) groups is 3. The molecule has 1 aliphatic heterocycles. The number of aryl methyl sites for hydroxylation is 1. The highest BCUT2D eigenvalue weighted by atomic mass is 32.1. The van der Waals surface area contributed by atoms with E-state index >= 15 is 0 Å². The van der Waals surface area contributed by atoms with Crippen LogP contribution in [0.2, 0.25) is 0 Å². The van der Waals surface area contributed by atoms with E-state index in [1.54, 1.807) is 18.3 Å². The molecule has 190 valence electrons. The fraction of sp³-hybridized carbons (Fsp3) is 0.538. The number of rotatable bonds is 6. The Morgan fingerprint density at radius 1 is 1.20 bits per heavy atom. The zero-order chi connectivity index (χ0) is 26.1. The molecule has 3 rings (SSSR count). The van der Waals surface area contributed by atoms with Crippen LogP contribution in [0.15, 0.2) is 29.8 Å². The lowest BCUT2D eigenvalue weighted by Crippen LogP contribution is -2.57. The Labute approximate surface area is 211 Å². The van der Waals surface area contributed by atoms with Gasteiger partial charge in [-0.3, -0.25) is 14.4 Å². The molecule has 1 aromatic heterocycles. The molecule has 1 saturated heterocycles. The van der Waals surface area contributed by atoms with Crippen molar-refractivity contribution in [1.82, 2.24) is 20.5 Å². The number of aromatic nitrogens is 1. The summed E-state index contributed by atoms with van der Waals surface area (Å²) in [4.78, 5) is 45.4. The SMILES string of the molecule is CC(=O)N[C@H](C(=O)N1C[C@](C)(O)C[C@H]1C(=O)N[C@@H](C)c1ccc(-c2scnc2C)cc1)C(C)(C)C. The summed E-state index contributed by atoms with van der Waals surface area (Å²) in [6.45, 7) is 12.4. The summed E-state index contributed by atoms with van der Waals surface area (Å²) in [5.74, 6) is -1.03. The quantitative estimate of drug-likeness (QED) is 0.564. The van der Waals surface area contributed by atoms with Crippen molar-refractivity contribution in [1.29, 1.82) is 0 Å². The van der Waals surface area contributed by atoms with E-state index in [9.17, 15) is 19.5 Å². The lowest BCUT2D eigenvalue weighted by Gasteiger charge is -2.35. The molecule has 0 unspecified atom stereocenters. The molecule has 1 aliphatic rings. The molecule has 1 fully saturated rings. The fourth-order valence-electron chi connectivity index (χ4n) is 4.45. The van der Waals surface area contributed by atoms with Gasteiger partial charge in [0.15, 0.2) is 0 Å². The van der Waals surface area contributed by atoms with Gasteiger partial charge in [0.05, 0.1) is 34.3 Å². The number of likely N-dealkylation sites (tertiary alicyclic amines) is 1. The Hall–Kier alpha value is -2.78. The molecule has 0 bridgehead atoms. The number of nitrogens with zero attached hydrogens (tertiary/aromatic N) is 2. The van der Waals surface area contributed by atoms with Crippen LogP contribution in [0.1, 0.15) is 65.3 Å². The average Bonchev–Trinajstić information content (AvgIpc) is 3.33. The lowest BCUT2D eigenvalue weighted by molar-refractivity contribution is -0.144. The largest absolute Gasteiger partial charge is 0.388 e. The Morgan fingerprint density at radius 2 is 1.83 bits per heavy atom. The molecular formula is C26H36N4O4S. The minimum atomic E-state index is -1.20. The maximum atomic E-state index is 13.5. The van der Waals surface area contributed by atoms with E-state index in [-0.39, 0.29) is 36.7 Å². The first-order valence-corrected chi connectivity index (χ1v) is 12.7. The summed E-state index contributed by atoms with van der Waals surface area (Å²) in [6.07, 6.45) is 0.123. The van der Waals surface area contributed by atoms with E-state index in [1.807, 2.05) is 64.4 Å². The van der Waals surface area contributed by atoms with Crippen LogP contribution in [0, 0.1) is 12.3 Å². The maximum Gasteiger partial charge on any atom is 0.246 e. The molecule has 0 spiro atoms. The maximum absolute atomic E-state index is 13.5. The van der Waals surface area contributed by atoms with E-state index < -0.39 is 23.1 Å². The minimum Gasteiger partial charge on any atom is -0.388 e. The van der Waals surface area contributed by atoms with Crippen LogP contribution in [0.5, 0.6) is 0 Å². The molecule has 2 aromatic rings. The minimum absolute atomic E-state index is 0.0212. The van der Waals surface area contributed by atoms with Crippen LogP contribution in [-0.4, -0.2) is 56.9 Å². The van der Waals surface area contributed by atoms with Gasteiger partial charge >= 0.3 is 0 Å². The van der Waals surface area contributed by atoms with Gasteiger partial charge in [-0.1, -0.05) is 45.0 Å². The molecule has 4 atom stereocenters. The summed E-state index contributed by atoms with van der Waals surface area (Å²) in [5.41, 5.74) is 3.04. The normalized spacial score (nSPS) is 21.9. The lowest BCUT2D eigenvalue weighted by atomic mass is 9.85. The molecular weight excluding hydrogens is 464 g/mol. The molecule has 9 heteroatoms. The number of hydrogen-bond donors (Lipinski definition) is 3. The third-order valence-electron chi connectivity index (χ3n) is 6.34. The zero-order valence-corrected chi connectivity index (χ0v) is 22.3. The van der Waals surface area contributed by atoms with Crippen molar-refractivity contribution in [3.05, 3.63) is 41.0 Å². The average molecular weight is 501 g/mol. The predicted octanol–water partition coefficient (Wildman–Crippen LogP) is 3.20. The summed E-state index contributed by atoms with van der Waals surface area (Å²) < 4.78 is 0. The number of thiazole rings is 1. The first kappa shape index (κ1) is 26.8. The van der Waals surface area contributed by atoms with Crippen LogP contribution in [-0.2, 0) is 14.4 Å².